The predicted molar refractivity (Wildman–Crippen MR) is 88.3 cm³/mol. The Balaban J connectivity index is 1.68. The molecule has 1 amide bonds. The van der Waals surface area contributed by atoms with Crippen molar-refractivity contribution >= 4 is 17.2 Å². The van der Waals surface area contributed by atoms with Gasteiger partial charge in [0.2, 0.25) is 0 Å². The first kappa shape index (κ1) is 15.5. The highest BCUT2D eigenvalue weighted by Gasteiger charge is 2.13. The van der Waals surface area contributed by atoms with Gasteiger partial charge in [-0.05, 0) is 31.2 Å². The first-order valence-corrected chi connectivity index (χ1v) is 8.03. The van der Waals surface area contributed by atoms with Crippen molar-refractivity contribution in [3.05, 3.63) is 64.4 Å². The Labute approximate surface area is 137 Å². The van der Waals surface area contributed by atoms with Crippen LogP contribution in [0.3, 0.4) is 0 Å². The summed E-state index contributed by atoms with van der Waals surface area (Å²) < 4.78 is 5.10. The molecule has 0 saturated heterocycles. The predicted octanol–water partition coefficient (Wildman–Crippen LogP) is 3.17. The minimum Gasteiger partial charge on any atom is -0.467 e. The van der Waals surface area contributed by atoms with E-state index in [1.165, 1.54) is 6.26 Å². The van der Waals surface area contributed by atoms with Gasteiger partial charge in [-0.2, -0.15) is 0 Å². The number of carbonyl (C=O) groups is 1. The molecule has 0 aliphatic heterocycles. The number of aliphatic hydroxyl groups excluding tert-OH is 1. The van der Waals surface area contributed by atoms with Crippen LogP contribution < -0.4 is 5.32 Å². The van der Waals surface area contributed by atoms with Gasteiger partial charge in [0, 0.05) is 16.5 Å². The van der Waals surface area contributed by atoms with Gasteiger partial charge in [-0.1, -0.05) is 12.1 Å². The Hall–Kier alpha value is -2.44. The number of aromatic nitrogens is 1. The standard InChI is InChI=1S/C17H16N2O3S/c1-11-19-14(10-23-11)12-4-2-5-13(8-12)17(21)18-9-15(20)16-6-3-7-22-16/h2-8,10,15,20H,9H2,1H3,(H,18,21). The molecule has 2 heterocycles. The number of aryl methyl sites for hydroxylation is 1. The van der Waals surface area contributed by atoms with Gasteiger partial charge in [-0.15, -0.1) is 11.3 Å². The zero-order valence-electron chi connectivity index (χ0n) is 12.5. The number of hydrogen-bond acceptors (Lipinski definition) is 5. The molecular formula is C17H16N2O3S. The third kappa shape index (κ3) is 3.67. The van der Waals surface area contributed by atoms with E-state index in [0.717, 1.165) is 16.3 Å². The number of nitrogens with zero attached hydrogens (tertiary/aromatic N) is 1. The maximum atomic E-state index is 12.2. The van der Waals surface area contributed by atoms with Gasteiger partial charge in [-0.3, -0.25) is 4.79 Å². The highest BCUT2D eigenvalue weighted by atomic mass is 32.1. The summed E-state index contributed by atoms with van der Waals surface area (Å²) >= 11 is 1.57. The second kappa shape index (κ2) is 6.76. The Morgan fingerprint density at radius 1 is 1.39 bits per heavy atom. The summed E-state index contributed by atoms with van der Waals surface area (Å²) in [6, 6.07) is 10.6. The van der Waals surface area contributed by atoms with E-state index in [1.807, 2.05) is 24.4 Å². The molecule has 2 N–H and O–H groups in total. The molecule has 0 bridgehead atoms. The van der Waals surface area contributed by atoms with E-state index >= 15 is 0 Å². The summed E-state index contributed by atoms with van der Waals surface area (Å²) in [5.74, 6) is 0.182. The third-order valence-electron chi connectivity index (χ3n) is 3.37. The van der Waals surface area contributed by atoms with E-state index in [1.54, 1.807) is 35.6 Å². The Morgan fingerprint density at radius 2 is 2.26 bits per heavy atom. The van der Waals surface area contributed by atoms with Crippen LogP contribution in [0.15, 0.2) is 52.5 Å². The number of furan rings is 1. The average molecular weight is 328 g/mol. The smallest absolute Gasteiger partial charge is 0.251 e. The lowest BCUT2D eigenvalue weighted by atomic mass is 10.1. The maximum absolute atomic E-state index is 12.2. The topological polar surface area (TPSA) is 75.4 Å². The number of nitrogens with one attached hydrogen (secondary N) is 1. The van der Waals surface area contributed by atoms with Crippen molar-refractivity contribution in [3.63, 3.8) is 0 Å². The van der Waals surface area contributed by atoms with Gasteiger partial charge in [0.05, 0.1) is 23.5 Å². The highest BCUT2D eigenvalue weighted by molar-refractivity contribution is 7.09. The summed E-state index contributed by atoms with van der Waals surface area (Å²) in [7, 11) is 0. The molecule has 6 heteroatoms. The van der Waals surface area contributed by atoms with Crippen LogP contribution in [-0.4, -0.2) is 22.5 Å². The van der Waals surface area contributed by atoms with Crippen LogP contribution in [0.2, 0.25) is 0 Å². The maximum Gasteiger partial charge on any atom is 0.251 e. The molecule has 0 spiro atoms. The molecule has 23 heavy (non-hydrogen) atoms. The van der Waals surface area contributed by atoms with Gasteiger partial charge in [0.25, 0.3) is 5.91 Å². The second-order valence-electron chi connectivity index (χ2n) is 5.07. The monoisotopic (exact) mass is 328 g/mol. The fourth-order valence-electron chi connectivity index (χ4n) is 2.19. The van der Waals surface area contributed by atoms with Crippen LogP contribution in [-0.2, 0) is 0 Å². The molecule has 3 aromatic rings. The number of carbonyl (C=O) groups excluding carboxylic acids is 1. The number of benzene rings is 1. The number of rotatable bonds is 5. The second-order valence-corrected chi connectivity index (χ2v) is 6.14. The minimum absolute atomic E-state index is 0.0897. The Morgan fingerprint density at radius 3 is 2.96 bits per heavy atom. The summed E-state index contributed by atoms with van der Waals surface area (Å²) in [5.41, 5.74) is 2.28. The SMILES string of the molecule is Cc1nc(-c2cccc(C(=O)NCC(O)c3ccco3)c2)cs1. The Kier molecular flexibility index (Phi) is 4.55. The van der Waals surface area contributed by atoms with Crippen LogP contribution in [0.4, 0.5) is 0 Å². The van der Waals surface area contributed by atoms with Crippen LogP contribution in [0, 0.1) is 6.92 Å². The average Bonchev–Trinajstić information content (AvgIpc) is 3.24. The lowest BCUT2D eigenvalue weighted by Crippen LogP contribution is -2.28. The molecule has 0 aliphatic rings. The molecule has 2 aromatic heterocycles. The van der Waals surface area contributed by atoms with Crippen LogP contribution in [0.25, 0.3) is 11.3 Å². The van der Waals surface area contributed by atoms with Crippen molar-refractivity contribution in [2.75, 3.05) is 6.54 Å². The van der Waals surface area contributed by atoms with E-state index in [4.69, 9.17) is 4.42 Å². The number of hydrogen-bond donors (Lipinski definition) is 2. The highest BCUT2D eigenvalue weighted by Crippen LogP contribution is 2.22. The summed E-state index contributed by atoms with van der Waals surface area (Å²) in [5, 5.41) is 15.6. The normalized spacial score (nSPS) is 12.1. The summed E-state index contributed by atoms with van der Waals surface area (Å²) in [6.07, 6.45) is 0.623. The molecule has 1 atom stereocenters. The molecule has 0 aliphatic carbocycles. The summed E-state index contributed by atoms with van der Waals surface area (Å²) in [4.78, 5) is 16.7. The van der Waals surface area contributed by atoms with E-state index in [-0.39, 0.29) is 12.5 Å². The van der Waals surface area contributed by atoms with Crippen molar-refractivity contribution in [2.45, 2.75) is 13.0 Å². The third-order valence-corrected chi connectivity index (χ3v) is 4.14. The van der Waals surface area contributed by atoms with Crippen molar-refractivity contribution in [2.24, 2.45) is 0 Å². The summed E-state index contributed by atoms with van der Waals surface area (Å²) in [6.45, 7) is 2.03. The number of amides is 1. The zero-order valence-corrected chi connectivity index (χ0v) is 13.3. The molecule has 118 valence electrons. The van der Waals surface area contributed by atoms with Gasteiger partial charge in [0.1, 0.15) is 11.9 Å². The van der Waals surface area contributed by atoms with Crippen LogP contribution >= 0.6 is 11.3 Å². The fourth-order valence-corrected chi connectivity index (χ4v) is 2.81. The number of aliphatic hydroxyl groups is 1. The molecule has 0 saturated carbocycles. The molecule has 0 fully saturated rings. The lowest BCUT2D eigenvalue weighted by molar-refractivity contribution is 0.0901. The quantitative estimate of drug-likeness (QED) is 0.754. The zero-order chi connectivity index (χ0) is 16.2. The van der Waals surface area contributed by atoms with Gasteiger partial charge in [0.15, 0.2) is 0 Å². The largest absolute Gasteiger partial charge is 0.467 e. The van der Waals surface area contributed by atoms with E-state index in [9.17, 15) is 9.90 Å². The van der Waals surface area contributed by atoms with E-state index < -0.39 is 6.10 Å². The fraction of sp³-hybridized carbons (Fsp3) is 0.176. The Bertz CT molecular complexity index is 796. The first-order valence-electron chi connectivity index (χ1n) is 7.16. The van der Waals surface area contributed by atoms with Gasteiger partial charge in [-0.25, -0.2) is 4.98 Å². The van der Waals surface area contributed by atoms with Crippen molar-refractivity contribution in [3.8, 4) is 11.3 Å². The molecule has 1 aromatic carbocycles. The van der Waals surface area contributed by atoms with Crippen LogP contribution in [0.1, 0.15) is 27.2 Å². The van der Waals surface area contributed by atoms with Crippen molar-refractivity contribution in [1.82, 2.24) is 10.3 Å². The van der Waals surface area contributed by atoms with E-state index in [0.29, 0.717) is 11.3 Å². The molecule has 0 radical (unpaired) electrons. The molecule has 1 unspecified atom stereocenters. The molecule has 5 nitrogen and oxygen atoms in total. The lowest BCUT2D eigenvalue weighted by Gasteiger charge is -2.10. The molecule has 3 rings (SSSR count). The number of thiazole rings is 1. The van der Waals surface area contributed by atoms with Gasteiger partial charge >= 0.3 is 0 Å². The minimum atomic E-state index is -0.863. The molecular weight excluding hydrogens is 312 g/mol. The first-order chi connectivity index (χ1) is 11.1. The van der Waals surface area contributed by atoms with E-state index in [2.05, 4.69) is 10.3 Å². The van der Waals surface area contributed by atoms with Crippen LogP contribution in [0.5, 0.6) is 0 Å². The van der Waals surface area contributed by atoms with Crippen molar-refractivity contribution in [1.29, 1.82) is 0 Å². The van der Waals surface area contributed by atoms with Crippen molar-refractivity contribution < 1.29 is 14.3 Å². The van der Waals surface area contributed by atoms with Gasteiger partial charge < -0.3 is 14.8 Å².